The molecule has 0 fully saturated rings. The molecule has 12 rings (SSSR count). The largest absolute Gasteiger partial charge is 0.457 e. The van der Waals surface area contributed by atoms with Crippen LogP contribution in [0.15, 0.2) is 223 Å². The lowest BCUT2D eigenvalue weighted by Gasteiger charge is -2.40. The molecule has 10 aromatic rings. The molecule has 1 spiro atoms. The van der Waals surface area contributed by atoms with Crippen LogP contribution in [-0.4, -0.2) is 0 Å². The van der Waals surface area contributed by atoms with E-state index in [-0.39, 0.29) is 0 Å². The van der Waals surface area contributed by atoms with E-state index >= 15 is 0 Å². The molecular weight excluding hydrogens is 721 g/mol. The summed E-state index contributed by atoms with van der Waals surface area (Å²) in [5.74, 6) is 1.73. The molecule has 0 atom stereocenters. The number of para-hydroxylation sites is 4. The molecule has 278 valence electrons. The van der Waals surface area contributed by atoms with Gasteiger partial charge in [-0.15, -0.1) is 0 Å². The van der Waals surface area contributed by atoms with Crippen molar-refractivity contribution in [3.63, 3.8) is 0 Å². The summed E-state index contributed by atoms with van der Waals surface area (Å²) in [5.41, 5.74) is 14.8. The van der Waals surface area contributed by atoms with Crippen LogP contribution in [-0.2, 0) is 5.41 Å². The van der Waals surface area contributed by atoms with Crippen LogP contribution in [0.3, 0.4) is 0 Å². The molecule has 59 heavy (non-hydrogen) atoms. The highest BCUT2D eigenvalue weighted by atomic mass is 16.5. The van der Waals surface area contributed by atoms with E-state index in [2.05, 4.69) is 216 Å². The Balaban J connectivity index is 1.08. The fraction of sp³-hybridized carbons (Fsp3) is 0.0182. The van der Waals surface area contributed by atoms with Gasteiger partial charge in [-0.25, -0.2) is 0 Å². The summed E-state index contributed by atoms with van der Waals surface area (Å²) in [5, 5.41) is 2.17. The molecule has 0 radical (unpaired) electrons. The molecule has 0 N–H and O–H groups in total. The van der Waals surface area contributed by atoms with Crippen LogP contribution in [0.2, 0.25) is 0 Å². The Morgan fingerprint density at radius 1 is 0.305 bits per heavy atom. The number of rotatable bonds is 6. The van der Waals surface area contributed by atoms with Crippen molar-refractivity contribution in [2.24, 2.45) is 0 Å². The third-order valence-electron chi connectivity index (χ3n) is 12.1. The fourth-order valence-electron chi connectivity index (χ4n) is 9.64. The van der Waals surface area contributed by atoms with Gasteiger partial charge < -0.3 is 19.0 Å². The summed E-state index contributed by atoms with van der Waals surface area (Å²) in [6.45, 7) is 0. The average molecular weight is 757 g/mol. The Morgan fingerprint density at radius 2 is 0.763 bits per heavy atom. The summed E-state index contributed by atoms with van der Waals surface area (Å²) in [7, 11) is 0. The van der Waals surface area contributed by atoms with Crippen molar-refractivity contribution in [3.05, 3.63) is 241 Å². The van der Waals surface area contributed by atoms with Crippen LogP contribution < -0.4 is 14.5 Å². The minimum atomic E-state index is -0.584. The molecule has 9 aromatic carbocycles. The molecule has 2 aliphatic rings. The summed E-state index contributed by atoms with van der Waals surface area (Å²) in [4.78, 5) is 4.66. The zero-order valence-electron chi connectivity index (χ0n) is 32.0. The van der Waals surface area contributed by atoms with Crippen molar-refractivity contribution in [2.45, 2.75) is 5.41 Å². The van der Waals surface area contributed by atoms with E-state index in [9.17, 15) is 0 Å². The molecule has 0 amide bonds. The smallest absolute Gasteiger partial charge is 0.135 e. The van der Waals surface area contributed by atoms with Gasteiger partial charge in [0.1, 0.15) is 22.7 Å². The van der Waals surface area contributed by atoms with Gasteiger partial charge in [-0.1, -0.05) is 121 Å². The average Bonchev–Trinajstić information content (AvgIpc) is 3.82. The molecule has 0 saturated heterocycles. The monoisotopic (exact) mass is 756 g/mol. The second-order valence-corrected chi connectivity index (χ2v) is 15.3. The Bertz CT molecular complexity index is 3120. The fourth-order valence-corrected chi connectivity index (χ4v) is 9.64. The Labute approximate surface area is 342 Å². The van der Waals surface area contributed by atoms with Gasteiger partial charge in [0.25, 0.3) is 0 Å². The van der Waals surface area contributed by atoms with E-state index in [0.29, 0.717) is 0 Å². The summed E-state index contributed by atoms with van der Waals surface area (Å²) >= 11 is 0. The molecule has 4 nitrogen and oxygen atoms in total. The summed E-state index contributed by atoms with van der Waals surface area (Å²) in [6.07, 6.45) is 0. The summed E-state index contributed by atoms with van der Waals surface area (Å²) < 4.78 is 13.1. The second kappa shape index (κ2) is 13.1. The van der Waals surface area contributed by atoms with E-state index in [1.54, 1.807) is 0 Å². The number of furan rings is 1. The van der Waals surface area contributed by atoms with Gasteiger partial charge in [-0.2, -0.15) is 0 Å². The molecular formula is C55H36N2O2. The number of nitrogens with zero attached hydrogens (tertiary/aromatic N) is 2. The summed E-state index contributed by atoms with van der Waals surface area (Å²) in [6, 6.07) is 77.8. The molecule has 0 bridgehead atoms. The highest BCUT2D eigenvalue weighted by molar-refractivity contribution is 6.06. The topological polar surface area (TPSA) is 28.9 Å². The van der Waals surface area contributed by atoms with Crippen LogP contribution >= 0.6 is 0 Å². The number of ether oxygens (including phenoxy) is 1. The quantitative estimate of drug-likeness (QED) is 0.169. The third-order valence-corrected chi connectivity index (χ3v) is 12.1. The van der Waals surface area contributed by atoms with Crippen molar-refractivity contribution in [2.75, 3.05) is 9.80 Å². The molecule has 2 heterocycles. The van der Waals surface area contributed by atoms with Crippen molar-refractivity contribution < 1.29 is 9.15 Å². The molecule has 0 unspecified atom stereocenters. The second-order valence-electron chi connectivity index (χ2n) is 15.3. The lowest BCUT2D eigenvalue weighted by molar-refractivity contribution is 0.436. The number of anilines is 6. The predicted molar refractivity (Wildman–Crippen MR) is 240 cm³/mol. The zero-order chi connectivity index (χ0) is 38.9. The standard InChI is InChI=1S/C55H36N2O2/c1-3-15-37(16-4-1)56(38-17-5-2-6-18-38)39-27-29-40(30-28-39)57(41-31-33-52-46(35-41)45-21-9-13-25-51(45)58-52)42-32-34-54-50(36-42)55(49-24-12-14-26-53(49)59-54)47-22-10-7-19-43(47)44-20-8-11-23-48(44)55/h1-36H. The van der Waals surface area contributed by atoms with Crippen molar-refractivity contribution >= 4 is 56.1 Å². The molecule has 0 saturated carbocycles. The van der Waals surface area contributed by atoms with Crippen LogP contribution in [0.4, 0.5) is 34.1 Å². The minimum Gasteiger partial charge on any atom is -0.457 e. The normalized spacial score (nSPS) is 13.0. The highest BCUT2D eigenvalue weighted by Crippen LogP contribution is 2.62. The van der Waals surface area contributed by atoms with Gasteiger partial charge in [0.15, 0.2) is 0 Å². The van der Waals surface area contributed by atoms with E-state index in [1.165, 1.54) is 22.3 Å². The van der Waals surface area contributed by atoms with E-state index < -0.39 is 5.41 Å². The maximum absolute atomic E-state index is 6.83. The van der Waals surface area contributed by atoms with Gasteiger partial charge >= 0.3 is 0 Å². The molecule has 4 heteroatoms. The maximum atomic E-state index is 6.83. The van der Waals surface area contributed by atoms with Gasteiger partial charge in [0, 0.05) is 56.0 Å². The lowest BCUT2D eigenvalue weighted by Crippen LogP contribution is -2.32. The first-order chi connectivity index (χ1) is 29.3. The number of hydrogen-bond acceptors (Lipinski definition) is 4. The van der Waals surface area contributed by atoms with E-state index in [0.717, 1.165) is 78.7 Å². The van der Waals surface area contributed by atoms with Crippen molar-refractivity contribution in [1.82, 2.24) is 0 Å². The maximum Gasteiger partial charge on any atom is 0.135 e. The van der Waals surface area contributed by atoms with Crippen molar-refractivity contribution in [3.8, 4) is 22.6 Å². The van der Waals surface area contributed by atoms with E-state index in [4.69, 9.17) is 9.15 Å². The Morgan fingerprint density at radius 3 is 1.44 bits per heavy atom. The number of fused-ring (bicyclic) bond motifs is 12. The molecule has 1 aromatic heterocycles. The molecule has 1 aliphatic carbocycles. The van der Waals surface area contributed by atoms with Crippen molar-refractivity contribution in [1.29, 1.82) is 0 Å². The van der Waals surface area contributed by atoms with Gasteiger partial charge in [0.05, 0.1) is 5.41 Å². The molecule has 1 aliphatic heterocycles. The lowest BCUT2D eigenvalue weighted by atomic mass is 9.66. The van der Waals surface area contributed by atoms with Crippen LogP contribution in [0.5, 0.6) is 11.5 Å². The predicted octanol–water partition coefficient (Wildman–Crippen LogP) is 15.0. The van der Waals surface area contributed by atoms with Crippen LogP contribution in [0.1, 0.15) is 22.3 Å². The van der Waals surface area contributed by atoms with Gasteiger partial charge in [0.2, 0.25) is 0 Å². The first-order valence-corrected chi connectivity index (χ1v) is 20.1. The van der Waals surface area contributed by atoms with Gasteiger partial charge in [-0.05, 0) is 119 Å². The van der Waals surface area contributed by atoms with Gasteiger partial charge in [-0.3, -0.25) is 0 Å². The minimum absolute atomic E-state index is 0.584. The first kappa shape index (κ1) is 33.3. The zero-order valence-corrected chi connectivity index (χ0v) is 32.0. The number of hydrogen-bond donors (Lipinski definition) is 0. The van der Waals surface area contributed by atoms with E-state index in [1.807, 2.05) is 12.1 Å². The van der Waals surface area contributed by atoms with Crippen LogP contribution in [0.25, 0.3) is 33.1 Å². The SMILES string of the molecule is c1ccc(N(c2ccccc2)c2ccc(N(c3ccc4c(c3)C3(c5ccccc5O4)c4ccccc4-c4ccccc43)c3ccc4oc5ccccc5c4c3)cc2)cc1. The third kappa shape index (κ3) is 5.03. The Kier molecular flexibility index (Phi) is 7.41. The number of benzene rings is 9. The first-order valence-electron chi connectivity index (χ1n) is 20.1. The van der Waals surface area contributed by atoms with Crippen LogP contribution in [0, 0.1) is 0 Å². The highest BCUT2D eigenvalue weighted by Gasteiger charge is 2.51. The Hall–Kier alpha value is -7.82.